The number of thiophene rings is 1. The maximum absolute atomic E-state index is 9.14. The Morgan fingerprint density at radius 2 is 2.36 bits per heavy atom. The van der Waals surface area contributed by atoms with E-state index in [4.69, 9.17) is 22.4 Å². The molecule has 0 aromatic carbocycles. The minimum absolute atomic E-state index is 0.359. The topological polar surface area (TPSA) is 46.2 Å². The smallest absolute Gasteiger partial charge is 0.0713 e. The molecule has 0 aliphatic carbocycles. The molecule has 1 aromatic rings. The quantitative estimate of drug-likeness (QED) is 0.749. The Morgan fingerprint density at radius 1 is 1.73 bits per heavy atom. The van der Waals surface area contributed by atoms with Crippen molar-refractivity contribution in [1.29, 1.82) is 0 Å². The monoisotopic (exact) mass is 191 g/mol. The van der Waals surface area contributed by atoms with E-state index >= 15 is 0 Å². The van der Waals surface area contributed by atoms with Crippen LogP contribution in [0, 0.1) is 0 Å². The predicted octanol–water partition coefficient (Wildman–Crippen LogP) is 1.78. The van der Waals surface area contributed by atoms with Crippen molar-refractivity contribution in [2.45, 2.75) is 19.1 Å². The van der Waals surface area contributed by atoms with E-state index in [9.17, 15) is 0 Å². The van der Waals surface area contributed by atoms with Gasteiger partial charge in [0.15, 0.2) is 0 Å². The van der Waals surface area contributed by atoms with Crippen molar-refractivity contribution in [3.8, 4) is 0 Å². The summed E-state index contributed by atoms with van der Waals surface area (Å²) in [5.74, 6) is 0. The van der Waals surface area contributed by atoms with E-state index in [1.165, 1.54) is 11.3 Å². The molecule has 0 aliphatic heterocycles. The average Bonchev–Trinajstić information content (AvgIpc) is 2.33. The number of aliphatic hydroxyl groups excluding tert-OH is 1. The van der Waals surface area contributed by atoms with Crippen LogP contribution in [0.1, 0.15) is 17.8 Å². The molecule has 0 fully saturated rings. The van der Waals surface area contributed by atoms with Crippen LogP contribution in [0.15, 0.2) is 11.4 Å². The van der Waals surface area contributed by atoms with Gasteiger partial charge in [-0.25, -0.2) is 0 Å². The highest BCUT2D eigenvalue weighted by Crippen LogP contribution is 2.28. The minimum Gasteiger partial charge on any atom is -0.391 e. The summed E-state index contributed by atoms with van der Waals surface area (Å²) >= 11 is 7.27. The van der Waals surface area contributed by atoms with Crippen molar-refractivity contribution < 1.29 is 5.11 Å². The highest BCUT2D eigenvalue weighted by Gasteiger charge is 2.15. The van der Waals surface area contributed by atoms with Gasteiger partial charge in [-0.2, -0.15) is 0 Å². The SMILES string of the molecule is CC(O)[C@H](N)c1sccc1Cl. The fourth-order valence-corrected chi connectivity index (χ4v) is 2.05. The fraction of sp³-hybridized carbons (Fsp3) is 0.429. The number of nitrogens with two attached hydrogens (primary N) is 1. The summed E-state index contributed by atoms with van der Waals surface area (Å²) < 4.78 is 0. The van der Waals surface area contributed by atoms with Crippen molar-refractivity contribution in [3.05, 3.63) is 21.3 Å². The van der Waals surface area contributed by atoms with Crippen LogP contribution in [0.3, 0.4) is 0 Å². The minimum atomic E-state index is -0.550. The van der Waals surface area contributed by atoms with Gasteiger partial charge in [-0.1, -0.05) is 11.6 Å². The molecule has 1 aromatic heterocycles. The zero-order valence-corrected chi connectivity index (χ0v) is 7.69. The molecule has 1 heterocycles. The lowest BCUT2D eigenvalue weighted by Crippen LogP contribution is -2.22. The van der Waals surface area contributed by atoms with Gasteiger partial charge < -0.3 is 10.8 Å². The standard InChI is InChI=1S/C7H10ClNOS/c1-4(10)6(9)7-5(8)2-3-11-7/h2-4,6,10H,9H2,1H3/t4?,6-/m0/s1. The van der Waals surface area contributed by atoms with Crippen LogP contribution < -0.4 is 5.73 Å². The Bertz CT molecular complexity index is 236. The molecule has 0 radical (unpaired) electrons. The summed E-state index contributed by atoms with van der Waals surface area (Å²) in [7, 11) is 0. The first-order valence-corrected chi connectivity index (χ1v) is 4.55. The molecule has 1 unspecified atom stereocenters. The molecule has 0 saturated carbocycles. The number of rotatable bonds is 2. The van der Waals surface area contributed by atoms with E-state index in [-0.39, 0.29) is 6.04 Å². The number of hydrogen-bond donors (Lipinski definition) is 2. The third-order valence-electron chi connectivity index (χ3n) is 1.47. The van der Waals surface area contributed by atoms with Gasteiger partial charge in [-0.15, -0.1) is 11.3 Å². The lowest BCUT2D eigenvalue weighted by atomic mass is 10.1. The maximum Gasteiger partial charge on any atom is 0.0713 e. The lowest BCUT2D eigenvalue weighted by Gasteiger charge is -2.12. The Hall–Kier alpha value is -0.0900. The van der Waals surface area contributed by atoms with Crippen LogP contribution in [0.2, 0.25) is 5.02 Å². The van der Waals surface area contributed by atoms with Crippen LogP contribution in [0.4, 0.5) is 0 Å². The molecule has 62 valence electrons. The second kappa shape index (κ2) is 3.54. The fourth-order valence-electron chi connectivity index (χ4n) is 0.762. The Kier molecular flexibility index (Phi) is 2.90. The van der Waals surface area contributed by atoms with E-state index < -0.39 is 6.10 Å². The van der Waals surface area contributed by atoms with Crippen LogP contribution in [-0.2, 0) is 0 Å². The van der Waals surface area contributed by atoms with Crippen LogP contribution in [0.25, 0.3) is 0 Å². The van der Waals surface area contributed by atoms with Gasteiger partial charge >= 0.3 is 0 Å². The normalized spacial score (nSPS) is 16.4. The van der Waals surface area contributed by atoms with E-state index in [0.29, 0.717) is 5.02 Å². The summed E-state index contributed by atoms with van der Waals surface area (Å²) in [6, 6.07) is 1.42. The summed E-state index contributed by atoms with van der Waals surface area (Å²) in [6.07, 6.45) is -0.550. The molecule has 0 spiro atoms. The second-order valence-electron chi connectivity index (χ2n) is 2.40. The highest BCUT2D eigenvalue weighted by atomic mass is 35.5. The molecule has 2 nitrogen and oxygen atoms in total. The summed E-state index contributed by atoms with van der Waals surface area (Å²) in [6.45, 7) is 1.65. The first-order valence-electron chi connectivity index (χ1n) is 3.29. The van der Waals surface area contributed by atoms with E-state index in [1.54, 1.807) is 13.0 Å². The van der Waals surface area contributed by atoms with Gasteiger partial charge in [-0.05, 0) is 18.4 Å². The van der Waals surface area contributed by atoms with Gasteiger partial charge in [0.2, 0.25) is 0 Å². The van der Waals surface area contributed by atoms with Gasteiger partial charge in [0.1, 0.15) is 0 Å². The molecule has 0 aliphatic rings. The largest absolute Gasteiger partial charge is 0.391 e. The van der Waals surface area contributed by atoms with Gasteiger partial charge in [-0.3, -0.25) is 0 Å². The molecule has 3 N–H and O–H groups in total. The van der Waals surface area contributed by atoms with Crippen LogP contribution in [-0.4, -0.2) is 11.2 Å². The molecule has 0 bridgehead atoms. The van der Waals surface area contributed by atoms with Crippen LogP contribution in [0.5, 0.6) is 0 Å². The highest BCUT2D eigenvalue weighted by molar-refractivity contribution is 7.10. The molecular formula is C7H10ClNOS. The Morgan fingerprint density at radius 3 is 2.73 bits per heavy atom. The summed E-state index contributed by atoms with van der Waals surface area (Å²) in [4.78, 5) is 0.849. The van der Waals surface area contributed by atoms with E-state index in [1.807, 2.05) is 5.38 Å². The van der Waals surface area contributed by atoms with Crippen molar-refractivity contribution in [2.75, 3.05) is 0 Å². The van der Waals surface area contributed by atoms with Crippen molar-refractivity contribution in [3.63, 3.8) is 0 Å². The molecule has 0 saturated heterocycles. The average molecular weight is 192 g/mol. The molecule has 4 heteroatoms. The number of halogens is 1. The zero-order valence-electron chi connectivity index (χ0n) is 6.12. The van der Waals surface area contributed by atoms with Gasteiger partial charge in [0, 0.05) is 4.88 Å². The molecule has 1 rings (SSSR count). The molecule has 2 atom stereocenters. The van der Waals surface area contributed by atoms with Crippen LogP contribution >= 0.6 is 22.9 Å². The molecule has 11 heavy (non-hydrogen) atoms. The third-order valence-corrected chi connectivity index (χ3v) is 2.93. The first kappa shape index (κ1) is 9.00. The van der Waals surface area contributed by atoms with E-state index in [0.717, 1.165) is 4.88 Å². The second-order valence-corrected chi connectivity index (χ2v) is 3.75. The van der Waals surface area contributed by atoms with Crippen molar-refractivity contribution in [2.24, 2.45) is 5.73 Å². The summed E-state index contributed by atoms with van der Waals surface area (Å²) in [5.41, 5.74) is 5.66. The summed E-state index contributed by atoms with van der Waals surface area (Å²) in [5, 5.41) is 11.6. The van der Waals surface area contributed by atoms with Gasteiger partial charge in [0.25, 0.3) is 0 Å². The Balaban J connectivity index is 2.84. The van der Waals surface area contributed by atoms with Crippen molar-refractivity contribution >= 4 is 22.9 Å². The zero-order chi connectivity index (χ0) is 8.43. The molecular weight excluding hydrogens is 182 g/mol. The number of aliphatic hydroxyl groups is 1. The number of hydrogen-bond acceptors (Lipinski definition) is 3. The third kappa shape index (κ3) is 1.93. The predicted molar refractivity (Wildman–Crippen MR) is 47.9 cm³/mol. The lowest BCUT2D eigenvalue weighted by molar-refractivity contribution is 0.165. The Labute approximate surface area is 74.6 Å². The van der Waals surface area contributed by atoms with Gasteiger partial charge in [0.05, 0.1) is 17.2 Å². The molecule has 0 amide bonds. The maximum atomic E-state index is 9.14. The van der Waals surface area contributed by atoms with Crippen molar-refractivity contribution in [1.82, 2.24) is 0 Å². The first-order chi connectivity index (χ1) is 5.13. The van der Waals surface area contributed by atoms with E-state index in [2.05, 4.69) is 0 Å².